The van der Waals surface area contributed by atoms with Gasteiger partial charge in [-0.1, -0.05) is 6.07 Å². The highest BCUT2D eigenvalue weighted by Gasteiger charge is 2.17. The van der Waals surface area contributed by atoms with E-state index in [1.165, 1.54) is 0 Å². The molecule has 4 rings (SSSR count). The van der Waals surface area contributed by atoms with E-state index in [-0.39, 0.29) is 0 Å². The Morgan fingerprint density at radius 3 is 2.74 bits per heavy atom. The van der Waals surface area contributed by atoms with Crippen molar-refractivity contribution in [2.45, 2.75) is 13.8 Å². The Kier molecular flexibility index (Phi) is 2.97. The third-order valence-corrected chi connectivity index (χ3v) is 3.97. The highest BCUT2D eigenvalue weighted by atomic mass is 16.5. The second-order valence-corrected chi connectivity index (χ2v) is 5.40. The maximum Gasteiger partial charge on any atom is 0.183 e. The average Bonchev–Trinajstić information content (AvgIpc) is 2.92. The fourth-order valence-electron chi connectivity index (χ4n) is 2.82. The van der Waals surface area contributed by atoms with Crippen LogP contribution in [0.5, 0.6) is 5.75 Å². The van der Waals surface area contributed by atoms with Gasteiger partial charge in [-0.3, -0.25) is 9.38 Å². The summed E-state index contributed by atoms with van der Waals surface area (Å²) in [4.78, 5) is 8.88. The lowest BCUT2D eigenvalue weighted by Crippen LogP contribution is -1.99. The van der Waals surface area contributed by atoms with Crippen LogP contribution in [0, 0.1) is 13.8 Å². The summed E-state index contributed by atoms with van der Waals surface area (Å²) in [7, 11) is 1.63. The SMILES string of the molecule is COc1cccc2c1nnc1c(C)nc(-c3ccncc3C)n12. The Balaban J connectivity index is 2.18. The number of methoxy groups -OCH3 is 1. The predicted octanol–water partition coefficient (Wildman–Crippen LogP) is 2.96. The number of fused-ring (bicyclic) bond motifs is 3. The van der Waals surface area contributed by atoms with E-state index in [2.05, 4.69) is 15.2 Å². The molecule has 0 aliphatic rings. The molecule has 0 aliphatic carbocycles. The summed E-state index contributed by atoms with van der Waals surface area (Å²) < 4.78 is 7.44. The summed E-state index contributed by atoms with van der Waals surface area (Å²) >= 11 is 0. The van der Waals surface area contributed by atoms with Gasteiger partial charge in [0.15, 0.2) is 11.2 Å². The molecule has 23 heavy (non-hydrogen) atoms. The third-order valence-electron chi connectivity index (χ3n) is 3.97. The van der Waals surface area contributed by atoms with Crippen LogP contribution in [0.15, 0.2) is 36.7 Å². The molecule has 0 saturated carbocycles. The van der Waals surface area contributed by atoms with Crippen molar-refractivity contribution in [3.05, 3.63) is 47.9 Å². The standard InChI is InChI=1S/C17H15N5O/c1-10-9-18-8-7-12(10)17-19-11(2)16-21-20-15-13(22(16)17)5-4-6-14(15)23-3/h4-9H,1-3H3. The first-order valence-corrected chi connectivity index (χ1v) is 7.30. The Morgan fingerprint density at radius 1 is 1.09 bits per heavy atom. The number of aryl methyl sites for hydroxylation is 2. The minimum atomic E-state index is 0.695. The minimum absolute atomic E-state index is 0.695. The van der Waals surface area contributed by atoms with Crippen molar-refractivity contribution in [3.63, 3.8) is 0 Å². The Morgan fingerprint density at radius 2 is 1.96 bits per heavy atom. The van der Waals surface area contributed by atoms with Gasteiger partial charge in [-0.05, 0) is 37.6 Å². The number of hydrogen-bond acceptors (Lipinski definition) is 5. The molecular formula is C17H15N5O. The van der Waals surface area contributed by atoms with E-state index in [0.717, 1.165) is 33.8 Å². The number of benzene rings is 1. The zero-order chi connectivity index (χ0) is 16.0. The Bertz CT molecular complexity index is 1040. The smallest absolute Gasteiger partial charge is 0.183 e. The minimum Gasteiger partial charge on any atom is -0.494 e. The van der Waals surface area contributed by atoms with Crippen LogP contribution >= 0.6 is 0 Å². The van der Waals surface area contributed by atoms with E-state index in [1.807, 2.05) is 48.7 Å². The van der Waals surface area contributed by atoms with Crippen molar-refractivity contribution >= 4 is 16.7 Å². The Hall–Kier alpha value is -3.02. The van der Waals surface area contributed by atoms with Crippen molar-refractivity contribution in [3.8, 4) is 17.1 Å². The molecule has 114 valence electrons. The van der Waals surface area contributed by atoms with Gasteiger partial charge in [0.05, 0.1) is 18.3 Å². The molecule has 4 aromatic rings. The molecule has 0 fully saturated rings. The molecule has 3 aromatic heterocycles. The van der Waals surface area contributed by atoms with Crippen LogP contribution in [-0.4, -0.2) is 31.7 Å². The van der Waals surface area contributed by atoms with Gasteiger partial charge in [0.1, 0.15) is 11.6 Å². The molecule has 0 N–H and O–H groups in total. The second kappa shape index (κ2) is 5.01. The van der Waals surface area contributed by atoms with Crippen LogP contribution < -0.4 is 4.74 Å². The topological polar surface area (TPSA) is 65.2 Å². The van der Waals surface area contributed by atoms with Crippen LogP contribution in [0.25, 0.3) is 28.1 Å². The molecule has 0 spiro atoms. The Labute approximate surface area is 132 Å². The van der Waals surface area contributed by atoms with E-state index in [9.17, 15) is 0 Å². The lowest BCUT2D eigenvalue weighted by atomic mass is 10.1. The molecule has 0 unspecified atom stereocenters. The maximum absolute atomic E-state index is 5.41. The fraction of sp³-hybridized carbons (Fsp3) is 0.176. The zero-order valence-electron chi connectivity index (χ0n) is 13.1. The third kappa shape index (κ3) is 1.95. The van der Waals surface area contributed by atoms with Gasteiger partial charge < -0.3 is 4.74 Å². The summed E-state index contributed by atoms with van der Waals surface area (Å²) in [5.41, 5.74) is 5.31. The lowest BCUT2D eigenvalue weighted by Gasteiger charge is -2.08. The quantitative estimate of drug-likeness (QED) is 0.569. The van der Waals surface area contributed by atoms with Crippen LogP contribution in [-0.2, 0) is 0 Å². The largest absolute Gasteiger partial charge is 0.494 e. The van der Waals surface area contributed by atoms with Crippen molar-refractivity contribution in [2.24, 2.45) is 0 Å². The van der Waals surface area contributed by atoms with Crippen LogP contribution in [0.3, 0.4) is 0 Å². The van der Waals surface area contributed by atoms with E-state index >= 15 is 0 Å². The van der Waals surface area contributed by atoms with Gasteiger partial charge in [0, 0.05) is 18.0 Å². The number of nitrogens with zero attached hydrogens (tertiary/aromatic N) is 5. The van der Waals surface area contributed by atoms with E-state index in [4.69, 9.17) is 9.72 Å². The van der Waals surface area contributed by atoms with E-state index < -0.39 is 0 Å². The van der Waals surface area contributed by atoms with Crippen LogP contribution in [0.1, 0.15) is 11.3 Å². The first kappa shape index (κ1) is 13.6. The first-order chi connectivity index (χ1) is 11.2. The summed E-state index contributed by atoms with van der Waals surface area (Å²) in [5, 5.41) is 8.67. The van der Waals surface area contributed by atoms with Crippen molar-refractivity contribution in [2.75, 3.05) is 7.11 Å². The van der Waals surface area contributed by atoms with Crippen molar-refractivity contribution in [1.29, 1.82) is 0 Å². The molecule has 6 heteroatoms. The van der Waals surface area contributed by atoms with Gasteiger partial charge in [-0.2, -0.15) is 0 Å². The summed E-state index contributed by atoms with van der Waals surface area (Å²) in [5.74, 6) is 1.53. The van der Waals surface area contributed by atoms with Gasteiger partial charge in [-0.25, -0.2) is 4.98 Å². The van der Waals surface area contributed by atoms with Crippen molar-refractivity contribution in [1.82, 2.24) is 24.6 Å². The van der Waals surface area contributed by atoms with Gasteiger partial charge in [0.2, 0.25) is 0 Å². The molecule has 0 amide bonds. The maximum atomic E-state index is 5.41. The van der Waals surface area contributed by atoms with Crippen molar-refractivity contribution < 1.29 is 4.74 Å². The molecule has 0 saturated heterocycles. The molecular weight excluding hydrogens is 290 g/mol. The molecule has 3 heterocycles. The van der Waals surface area contributed by atoms with Crippen LogP contribution in [0.2, 0.25) is 0 Å². The number of aromatic nitrogens is 5. The predicted molar refractivity (Wildman–Crippen MR) is 87.5 cm³/mol. The number of hydrogen-bond donors (Lipinski definition) is 0. The van der Waals surface area contributed by atoms with Gasteiger partial charge in [0.25, 0.3) is 0 Å². The van der Waals surface area contributed by atoms with E-state index in [1.54, 1.807) is 13.3 Å². The summed E-state index contributed by atoms with van der Waals surface area (Å²) in [6.45, 7) is 3.96. The van der Waals surface area contributed by atoms with Gasteiger partial charge in [-0.15, -0.1) is 10.2 Å². The second-order valence-electron chi connectivity index (χ2n) is 5.40. The molecule has 1 aromatic carbocycles. The lowest BCUT2D eigenvalue weighted by molar-refractivity contribution is 0.418. The average molecular weight is 305 g/mol. The fourth-order valence-corrected chi connectivity index (χ4v) is 2.82. The zero-order valence-corrected chi connectivity index (χ0v) is 13.1. The number of ether oxygens (including phenoxy) is 1. The number of rotatable bonds is 2. The molecule has 0 aliphatic heterocycles. The molecule has 0 bridgehead atoms. The number of imidazole rings is 1. The molecule has 0 radical (unpaired) electrons. The first-order valence-electron chi connectivity index (χ1n) is 7.30. The summed E-state index contributed by atoms with van der Waals surface area (Å²) in [6.07, 6.45) is 3.61. The van der Waals surface area contributed by atoms with Gasteiger partial charge >= 0.3 is 0 Å². The number of pyridine rings is 1. The van der Waals surface area contributed by atoms with Crippen LogP contribution in [0.4, 0.5) is 0 Å². The van der Waals surface area contributed by atoms with E-state index in [0.29, 0.717) is 11.3 Å². The molecule has 6 nitrogen and oxygen atoms in total. The monoisotopic (exact) mass is 305 g/mol. The summed E-state index contributed by atoms with van der Waals surface area (Å²) in [6, 6.07) is 7.79. The highest BCUT2D eigenvalue weighted by Crippen LogP contribution is 2.29. The normalized spacial score (nSPS) is 11.3. The highest BCUT2D eigenvalue weighted by molar-refractivity contribution is 5.85. The molecule has 0 atom stereocenters.